The van der Waals surface area contributed by atoms with E-state index in [2.05, 4.69) is 20.9 Å². The van der Waals surface area contributed by atoms with E-state index >= 15 is 0 Å². The summed E-state index contributed by atoms with van der Waals surface area (Å²) in [6, 6.07) is 5.70. The Morgan fingerprint density at radius 2 is 2.11 bits per heavy atom. The zero-order valence-electron chi connectivity index (χ0n) is 10.3. The Morgan fingerprint density at radius 1 is 1.39 bits per heavy atom. The molecule has 0 aliphatic heterocycles. The van der Waals surface area contributed by atoms with E-state index in [1.165, 1.54) is 0 Å². The van der Waals surface area contributed by atoms with Gasteiger partial charge in [0.25, 0.3) is 5.56 Å². The van der Waals surface area contributed by atoms with Crippen LogP contribution in [0, 0.1) is 13.8 Å². The molecule has 0 saturated carbocycles. The lowest BCUT2D eigenvalue weighted by molar-refractivity contribution is 0.721. The van der Waals surface area contributed by atoms with Crippen LogP contribution in [0.2, 0.25) is 0 Å². The zero-order valence-corrected chi connectivity index (χ0v) is 11.9. The first-order valence-electron chi connectivity index (χ1n) is 5.56. The number of nitrogen functional groups attached to an aromatic ring is 1. The highest BCUT2D eigenvalue weighted by Gasteiger charge is 2.07. The van der Waals surface area contributed by atoms with Gasteiger partial charge in [-0.15, -0.1) is 0 Å². The van der Waals surface area contributed by atoms with Crippen molar-refractivity contribution < 1.29 is 0 Å². The van der Waals surface area contributed by atoms with Crippen LogP contribution in [0.15, 0.2) is 33.8 Å². The number of benzene rings is 1. The predicted octanol–water partition coefficient (Wildman–Crippen LogP) is 2.25. The molecule has 0 unspecified atom stereocenters. The summed E-state index contributed by atoms with van der Waals surface area (Å²) in [7, 11) is 0. The number of nitrogens with zero attached hydrogens (tertiary/aromatic N) is 2. The van der Waals surface area contributed by atoms with Crippen LogP contribution in [0.3, 0.4) is 0 Å². The highest BCUT2D eigenvalue weighted by molar-refractivity contribution is 9.10. The monoisotopic (exact) mass is 307 g/mol. The SMILES string of the molecule is Cc1ncn(Cc2cccc(N)c2C)c(=O)c1Br. The third-order valence-corrected chi connectivity index (χ3v) is 3.90. The molecule has 0 amide bonds. The average Bonchev–Trinajstić information content (AvgIpc) is 2.35. The third kappa shape index (κ3) is 2.31. The van der Waals surface area contributed by atoms with E-state index < -0.39 is 0 Å². The van der Waals surface area contributed by atoms with E-state index in [-0.39, 0.29) is 5.56 Å². The Labute approximate surface area is 114 Å². The first-order chi connectivity index (χ1) is 8.50. The number of nitrogens with two attached hydrogens (primary N) is 1. The minimum atomic E-state index is -0.0793. The Hall–Kier alpha value is -1.62. The molecule has 0 fully saturated rings. The van der Waals surface area contributed by atoms with Crippen LogP contribution in [0.4, 0.5) is 5.69 Å². The Morgan fingerprint density at radius 3 is 2.83 bits per heavy atom. The number of hydrogen-bond acceptors (Lipinski definition) is 3. The molecule has 1 heterocycles. The maximum absolute atomic E-state index is 12.0. The van der Waals surface area contributed by atoms with Crippen molar-refractivity contribution in [3.63, 3.8) is 0 Å². The van der Waals surface area contributed by atoms with Crippen molar-refractivity contribution in [1.82, 2.24) is 9.55 Å². The third-order valence-electron chi connectivity index (χ3n) is 2.99. The highest BCUT2D eigenvalue weighted by Crippen LogP contribution is 2.16. The zero-order chi connectivity index (χ0) is 13.3. The molecule has 0 radical (unpaired) electrons. The van der Waals surface area contributed by atoms with Gasteiger partial charge in [-0.3, -0.25) is 9.36 Å². The van der Waals surface area contributed by atoms with Gasteiger partial charge in [0.05, 0.1) is 18.6 Å². The van der Waals surface area contributed by atoms with Crippen LogP contribution in [0.1, 0.15) is 16.8 Å². The van der Waals surface area contributed by atoms with Gasteiger partial charge in [-0.05, 0) is 47.0 Å². The summed E-state index contributed by atoms with van der Waals surface area (Å²) in [5, 5.41) is 0. The van der Waals surface area contributed by atoms with Gasteiger partial charge < -0.3 is 5.73 Å². The lowest BCUT2D eigenvalue weighted by atomic mass is 10.1. The lowest BCUT2D eigenvalue weighted by Gasteiger charge is -2.10. The van der Waals surface area contributed by atoms with Crippen molar-refractivity contribution >= 4 is 21.6 Å². The molecule has 0 aliphatic carbocycles. The topological polar surface area (TPSA) is 60.9 Å². The molecule has 0 bridgehead atoms. The minimum Gasteiger partial charge on any atom is -0.399 e. The van der Waals surface area contributed by atoms with Gasteiger partial charge in [-0.1, -0.05) is 12.1 Å². The first-order valence-corrected chi connectivity index (χ1v) is 6.35. The molecular weight excluding hydrogens is 294 g/mol. The molecule has 1 aromatic carbocycles. The van der Waals surface area contributed by atoms with Crippen LogP contribution >= 0.6 is 15.9 Å². The van der Waals surface area contributed by atoms with Gasteiger partial charge in [-0.25, -0.2) is 4.98 Å². The summed E-state index contributed by atoms with van der Waals surface area (Å²) < 4.78 is 2.07. The molecule has 0 saturated heterocycles. The summed E-state index contributed by atoms with van der Waals surface area (Å²) in [6.07, 6.45) is 1.56. The van der Waals surface area contributed by atoms with Gasteiger partial charge >= 0.3 is 0 Å². The highest BCUT2D eigenvalue weighted by atomic mass is 79.9. The van der Waals surface area contributed by atoms with Gasteiger partial charge in [-0.2, -0.15) is 0 Å². The summed E-state index contributed by atoms with van der Waals surface area (Å²) in [5.74, 6) is 0. The number of rotatable bonds is 2. The maximum Gasteiger partial charge on any atom is 0.268 e. The molecule has 4 nitrogen and oxygen atoms in total. The van der Waals surface area contributed by atoms with E-state index in [0.717, 1.165) is 16.8 Å². The van der Waals surface area contributed by atoms with E-state index in [9.17, 15) is 4.79 Å². The summed E-state index contributed by atoms with van der Waals surface area (Å²) >= 11 is 3.26. The van der Waals surface area contributed by atoms with Crippen molar-refractivity contribution in [3.05, 3.63) is 56.2 Å². The summed E-state index contributed by atoms with van der Waals surface area (Å²) in [5.41, 5.74) is 9.23. The first kappa shape index (κ1) is 12.8. The fourth-order valence-corrected chi connectivity index (χ4v) is 2.05. The van der Waals surface area contributed by atoms with Crippen LogP contribution in [-0.2, 0) is 6.54 Å². The molecule has 5 heteroatoms. The van der Waals surface area contributed by atoms with Crippen molar-refractivity contribution in [2.75, 3.05) is 5.73 Å². The number of hydrogen-bond donors (Lipinski definition) is 1. The van der Waals surface area contributed by atoms with Gasteiger partial charge in [0.1, 0.15) is 4.47 Å². The molecule has 0 aliphatic rings. The molecule has 0 spiro atoms. The number of anilines is 1. The summed E-state index contributed by atoms with van der Waals surface area (Å²) in [6.45, 7) is 4.22. The van der Waals surface area contributed by atoms with E-state index in [1.807, 2.05) is 25.1 Å². The normalized spacial score (nSPS) is 10.6. The predicted molar refractivity (Wildman–Crippen MR) is 75.6 cm³/mol. The van der Waals surface area contributed by atoms with Crippen molar-refractivity contribution in [2.24, 2.45) is 0 Å². The van der Waals surface area contributed by atoms with E-state index in [4.69, 9.17) is 5.73 Å². The number of halogens is 1. The second-order valence-electron chi connectivity index (χ2n) is 4.21. The van der Waals surface area contributed by atoms with Gasteiger partial charge in [0.15, 0.2) is 0 Å². The fourth-order valence-electron chi connectivity index (χ4n) is 1.72. The smallest absolute Gasteiger partial charge is 0.268 e. The second-order valence-corrected chi connectivity index (χ2v) is 5.00. The Bertz CT molecular complexity index is 649. The minimum absolute atomic E-state index is 0.0793. The molecule has 94 valence electrons. The number of aromatic nitrogens is 2. The molecule has 2 rings (SSSR count). The summed E-state index contributed by atoms with van der Waals surface area (Å²) in [4.78, 5) is 16.2. The number of aryl methyl sites for hydroxylation is 1. The molecule has 1 aromatic heterocycles. The average molecular weight is 308 g/mol. The standard InChI is InChI=1S/C13H14BrN3O/c1-8-10(4-3-5-11(8)15)6-17-7-16-9(2)12(14)13(17)18/h3-5,7H,6,15H2,1-2H3. The lowest BCUT2D eigenvalue weighted by Crippen LogP contribution is -2.23. The van der Waals surface area contributed by atoms with Crippen LogP contribution in [0.25, 0.3) is 0 Å². The van der Waals surface area contributed by atoms with Crippen molar-refractivity contribution in [3.8, 4) is 0 Å². The second kappa shape index (κ2) is 4.94. The molecular formula is C13H14BrN3O. The van der Waals surface area contributed by atoms with Crippen LogP contribution in [0.5, 0.6) is 0 Å². The van der Waals surface area contributed by atoms with Crippen LogP contribution in [-0.4, -0.2) is 9.55 Å². The van der Waals surface area contributed by atoms with E-state index in [1.54, 1.807) is 17.8 Å². The Kier molecular flexibility index (Phi) is 3.52. The molecule has 18 heavy (non-hydrogen) atoms. The van der Waals surface area contributed by atoms with Crippen molar-refractivity contribution in [2.45, 2.75) is 20.4 Å². The maximum atomic E-state index is 12.0. The fraction of sp³-hybridized carbons (Fsp3) is 0.231. The molecule has 2 aromatic rings. The van der Waals surface area contributed by atoms with Crippen molar-refractivity contribution in [1.29, 1.82) is 0 Å². The van der Waals surface area contributed by atoms with Crippen LogP contribution < -0.4 is 11.3 Å². The molecule has 0 atom stereocenters. The quantitative estimate of drug-likeness (QED) is 0.866. The largest absolute Gasteiger partial charge is 0.399 e. The Balaban J connectivity index is 2.44. The van der Waals surface area contributed by atoms with Gasteiger partial charge in [0, 0.05) is 5.69 Å². The van der Waals surface area contributed by atoms with E-state index in [0.29, 0.717) is 16.7 Å². The van der Waals surface area contributed by atoms with Gasteiger partial charge in [0.2, 0.25) is 0 Å². The molecule has 2 N–H and O–H groups in total.